The van der Waals surface area contributed by atoms with Crippen molar-refractivity contribution >= 4 is 23.4 Å². The van der Waals surface area contributed by atoms with Crippen molar-refractivity contribution in [1.29, 1.82) is 0 Å². The smallest absolute Gasteiger partial charge is 0.255 e. The van der Waals surface area contributed by atoms with E-state index in [-0.39, 0.29) is 18.2 Å². The Labute approximate surface area is 143 Å². The molecule has 25 heavy (non-hydrogen) atoms. The van der Waals surface area contributed by atoms with Gasteiger partial charge in [0.05, 0.1) is 11.4 Å². The second kappa shape index (κ2) is 5.70. The lowest BCUT2D eigenvalue weighted by Crippen LogP contribution is -2.52. The maximum absolute atomic E-state index is 12.7. The van der Waals surface area contributed by atoms with Crippen molar-refractivity contribution in [3.8, 4) is 11.3 Å². The van der Waals surface area contributed by atoms with E-state index in [0.717, 1.165) is 11.1 Å². The van der Waals surface area contributed by atoms with Gasteiger partial charge in [0.15, 0.2) is 0 Å². The number of carbonyl (C=O) groups is 3. The van der Waals surface area contributed by atoms with Crippen LogP contribution in [0.5, 0.6) is 0 Å². The molecule has 0 radical (unpaired) electrons. The highest BCUT2D eigenvalue weighted by atomic mass is 16.2. The fourth-order valence-corrected chi connectivity index (χ4v) is 3.38. The second-order valence-electron chi connectivity index (χ2n) is 6.21. The molecule has 7 heteroatoms. The number of fused-ring (bicyclic) bond motifs is 1. The van der Waals surface area contributed by atoms with Crippen molar-refractivity contribution in [3.05, 3.63) is 47.7 Å². The molecule has 1 unspecified atom stereocenters. The SMILES string of the molecule is Nc1cccnc1-c1ccc2c(c1)CN(C1CCC(=O)NC1=O)C2=O. The van der Waals surface area contributed by atoms with Crippen LogP contribution in [0.2, 0.25) is 0 Å². The molecule has 0 spiro atoms. The highest BCUT2D eigenvalue weighted by Gasteiger charge is 2.39. The lowest BCUT2D eigenvalue weighted by Gasteiger charge is -2.29. The van der Waals surface area contributed by atoms with E-state index in [4.69, 9.17) is 5.73 Å². The summed E-state index contributed by atoms with van der Waals surface area (Å²) in [7, 11) is 0. The largest absolute Gasteiger partial charge is 0.397 e. The van der Waals surface area contributed by atoms with Gasteiger partial charge in [-0.3, -0.25) is 24.7 Å². The van der Waals surface area contributed by atoms with Gasteiger partial charge in [-0.1, -0.05) is 6.07 Å². The second-order valence-corrected chi connectivity index (χ2v) is 6.21. The maximum Gasteiger partial charge on any atom is 0.255 e. The minimum Gasteiger partial charge on any atom is -0.397 e. The topological polar surface area (TPSA) is 105 Å². The summed E-state index contributed by atoms with van der Waals surface area (Å²) in [5.41, 5.74) is 9.44. The number of nitrogens with two attached hydrogens (primary N) is 1. The van der Waals surface area contributed by atoms with E-state index >= 15 is 0 Å². The number of hydrogen-bond acceptors (Lipinski definition) is 5. The van der Waals surface area contributed by atoms with Crippen LogP contribution in [-0.2, 0) is 16.1 Å². The molecule has 2 aliphatic rings. The first kappa shape index (κ1) is 15.3. The molecule has 1 aromatic carbocycles. The number of pyridine rings is 1. The Kier molecular flexibility index (Phi) is 3.49. The molecule has 3 heterocycles. The third-order valence-electron chi connectivity index (χ3n) is 4.64. The third kappa shape index (κ3) is 2.53. The van der Waals surface area contributed by atoms with Crippen LogP contribution in [0.15, 0.2) is 36.5 Å². The molecule has 0 aliphatic carbocycles. The van der Waals surface area contributed by atoms with E-state index in [1.165, 1.54) is 4.90 Å². The molecule has 3 amide bonds. The van der Waals surface area contributed by atoms with E-state index in [2.05, 4.69) is 10.3 Å². The van der Waals surface area contributed by atoms with Crippen molar-refractivity contribution in [2.75, 3.05) is 5.73 Å². The molecule has 2 aromatic rings. The number of hydrogen-bond donors (Lipinski definition) is 2. The van der Waals surface area contributed by atoms with Gasteiger partial charge in [-0.2, -0.15) is 0 Å². The molecule has 4 rings (SSSR count). The van der Waals surface area contributed by atoms with Crippen LogP contribution in [0, 0.1) is 0 Å². The van der Waals surface area contributed by atoms with E-state index in [9.17, 15) is 14.4 Å². The average molecular weight is 336 g/mol. The van der Waals surface area contributed by atoms with Gasteiger partial charge in [0, 0.05) is 30.3 Å². The van der Waals surface area contributed by atoms with E-state index < -0.39 is 11.9 Å². The van der Waals surface area contributed by atoms with Crippen molar-refractivity contribution in [1.82, 2.24) is 15.2 Å². The van der Waals surface area contributed by atoms with Gasteiger partial charge >= 0.3 is 0 Å². The molecular formula is C18H16N4O3. The van der Waals surface area contributed by atoms with Crippen LogP contribution < -0.4 is 11.1 Å². The number of anilines is 1. The number of nitrogen functional groups attached to an aromatic ring is 1. The summed E-state index contributed by atoms with van der Waals surface area (Å²) >= 11 is 0. The highest BCUT2D eigenvalue weighted by Crippen LogP contribution is 2.32. The first-order valence-corrected chi connectivity index (χ1v) is 8.03. The lowest BCUT2D eigenvalue weighted by molar-refractivity contribution is -0.136. The Bertz CT molecular complexity index is 909. The predicted molar refractivity (Wildman–Crippen MR) is 90.1 cm³/mol. The maximum atomic E-state index is 12.7. The van der Waals surface area contributed by atoms with Crippen LogP contribution in [0.3, 0.4) is 0 Å². The van der Waals surface area contributed by atoms with Gasteiger partial charge in [0.25, 0.3) is 5.91 Å². The fourth-order valence-electron chi connectivity index (χ4n) is 3.38. The lowest BCUT2D eigenvalue weighted by atomic mass is 10.0. The number of benzene rings is 1. The van der Waals surface area contributed by atoms with Crippen molar-refractivity contribution < 1.29 is 14.4 Å². The molecule has 1 aromatic heterocycles. The number of carbonyl (C=O) groups excluding carboxylic acids is 3. The summed E-state index contributed by atoms with van der Waals surface area (Å²) < 4.78 is 0. The molecule has 7 nitrogen and oxygen atoms in total. The van der Waals surface area contributed by atoms with Gasteiger partial charge in [0.2, 0.25) is 11.8 Å². The van der Waals surface area contributed by atoms with Crippen LogP contribution in [-0.4, -0.2) is 33.6 Å². The third-order valence-corrected chi connectivity index (χ3v) is 4.64. The monoisotopic (exact) mass is 336 g/mol. The number of aromatic nitrogens is 1. The Morgan fingerprint density at radius 2 is 2.04 bits per heavy atom. The molecule has 1 saturated heterocycles. The zero-order valence-corrected chi connectivity index (χ0v) is 13.4. The summed E-state index contributed by atoms with van der Waals surface area (Å²) in [4.78, 5) is 41.9. The minimum atomic E-state index is -0.610. The van der Waals surface area contributed by atoms with Crippen LogP contribution in [0.4, 0.5) is 5.69 Å². The summed E-state index contributed by atoms with van der Waals surface area (Å²) in [5.74, 6) is -0.894. The zero-order valence-electron chi connectivity index (χ0n) is 13.4. The van der Waals surface area contributed by atoms with E-state index in [0.29, 0.717) is 29.9 Å². The van der Waals surface area contributed by atoms with Gasteiger partial charge in [-0.25, -0.2) is 0 Å². The van der Waals surface area contributed by atoms with E-state index in [1.54, 1.807) is 24.4 Å². The summed E-state index contributed by atoms with van der Waals surface area (Å²) in [6.07, 6.45) is 2.26. The Balaban J connectivity index is 1.65. The van der Waals surface area contributed by atoms with Gasteiger partial charge in [0.1, 0.15) is 6.04 Å². The molecule has 0 saturated carbocycles. The van der Waals surface area contributed by atoms with Crippen LogP contribution in [0.25, 0.3) is 11.3 Å². The standard InChI is InChI=1S/C18H16N4O3/c19-13-2-1-7-20-16(13)10-3-4-12-11(8-10)9-22(18(12)25)14-5-6-15(23)21-17(14)24/h1-4,7-8,14H,5-6,9,19H2,(H,21,23,24). The molecule has 1 atom stereocenters. The molecule has 0 bridgehead atoms. The molecular weight excluding hydrogens is 320 g/mol. The van der Waals surface area contributed by atoms with Crippen LogP contribution in [0.1, 0.15) is 28.8 Å². The first-order chi connectivity index (χ1) is 12.0. The fraction of sp³-hybridized carbons (Fsp3) is 0.222. The normalized spacial score (nSPS) is 19.8. The Hall–Kier alpha value is -3.22. The zero-order chi connectivity index (χ0) is 17.6. The predicted octanol–water partition coefficient (Wildman–Crippen LogP) is 1.09. The Morgan fingerprint density at radius 1 is 1.20 bits per heavy atom. The quantitative estimate of drug-likeness (QED) is 0.799. The molecule has 126 valence electrons. The molecule has 2 aliphatic heterocycles. The number of nitrogens with one attached hydrogen (secondary N) is 1. The number of imide groups is 1. The number of amides is 3. The summed E-state index contributed by atoms with van der Waals surface area (Å²) in [6.45, 7) is 0.334. The number of piperidine rings is 1. The van der Waals surface area contributed by atoms with Gasteiger partial charge in [-0.15, -0.1) is 0 Å². The van der Waals surface area contributed by atoms with Crippen molar-refractivity contribution in [2.45, 2.75) is 25.4 Å². The average Bonchev–Trinajstić information content (AvgIpc) is 2.91. The van der Waals surface area contributed by atoms with E-state index in [1.807, 2.05) is 12.1 Å². The van der Waals surface area contributed by atoms with Crippen LogP contribution >= 0.6 is 0 Å². The minimum absolute atomic E-state index is 0.190. The van der Waals surface area contributed by atoms with Gasteiger partial charge in [-0.05, 0) is 36.2 Å². The molecule has 1 fully saturated rings. The summed E-state index contributed by atoms with van der Waals surface area (Å²) in [5, 5.41) is 2.30. The Morgan fingerprint density at radius 3 is 2.80 bits per heavy atom. The highest BCUT2D eigenvalue weighted by molar-refractivity contribution is 6.05. The number of rotatable bonds is 2. The molecule has 3 N–H and O–H groups in total. The van der Waals surface area contributed by atoms with Crippen molar-refractivity contribution in [3.63, 3.8) is 0 Å². The summed E-state index contributed by atoms with van der Waals surface area (Å²) in [6, 6.07) is 8.37. The van der Waals surface area contributed by atoms with Gasteiger partial charge < -0.3 is 10.6 Å². The number of nitrogens with zero attached hydrogens (tertiary/aromatic N) is 2. The first-order valence-electron chi connectivity index (χ1n) is 8.03. The van der Waals surface area contributed by atoms with Crippen molar-refractivity contribution in [2.24, 2.45) is 0 Å².